The summed E-state index contributed by atoms with van der Waals surface area (Å²) in [7, 11) is 0. The Morgan fingerprint density at radius 2 is 2.21 bits per heavy atom. The van der Waals surface area contributed by atoms with Gasteiger partial charge in [0.2, 0.25) is 0 Å². The first-order valence-corrected chi connectivity index (χ1v) is 8.49. The van der Waals surface area contributed by atoms with E-state index in [1.54, 1.807) is 12.1 Å². The second-order valence-electron chi connectivity index (χ2n) is 6.47. The molecule has 2 saturated carbocycles. The van der Waals surface area contributed by atoms with Crippen LogP contribution in [0.5, 0.6) is 0 Å². The lowest BCUT2D eigenvalue weighted by Gasteiger charge is -2.21. The number of fused-ring (bicyclic) bond motifs is 2. The molecule has 128 valence electrons. The van der Waals surface area contributed by atoms with Crippen LogP contribution in [0.2, 0.25) is 5.15 Å². The Morgan fingerprint density at radius 1 is 1.38 bits per heavy atom. The molecule has 3 rings (SSSR count). The van der Waals surface area contributed by atoms with Gasteiger partial charge in [-0.2, -0.15) is 0 Å². The average Bonchev–Trinajstić information content (AvgIpc) is 3.15. The number of amides is 1. The number of rotatable bonds is 6. The van der Waals surface area contributed by atoms with Crippen molar-refractivity contribution in [2.45, 2.75) is 25.7 Å². The van der Waals surface area contributed by atoms with Gasteiger partial charge in [0.15, 0.2) is 11.7 Å². The molecule has 1 unspecified atom stereocenters. The van der Waals surface area contributed by atoms with E-state index in [4.69, 9.17) is 27.8 Å². The van der Waals surface area contributed by atoms with E-state index < -0.39 is 5.91 Å². The topological polar surface area (TPSA) is 104 Å². The van der Waals surface area contributed by atoms with Crippen molar-refractivity contribution in [3.63, 3.8) is 0 Å². The first-order valence-electron chi connectivity index (χ1n) is 8.12. The van der Waals surface area contributed by atoms with Gasteiger partial charge in [-0.1, -0.05) is 18.0 Å². The number of nitrogens with two attached hydrogens (primary N) is 2. The van der Waals surface area contributed by atoms with E-state index in [1.807, 2.05) is 0 Å². The smallest absolute Gasteiger partial charge is 0.251 e. The Labute approximate surface area is 145 Å². The summed E-state index contributed by atoms with van der Waals surface area (Å²) in [5, 5.41) is 0.0293. The number of aliphatic imine (C=N–C) groups is 1. The predicted molar refractivity (Wildman–Crippen MR) is 93.1 cm³/mol. The number of hydrogen-bond donors (Lipinski definition) is 2. The van der Waals surface area contributed by atoms with Gasteiger partial charge in [-0.15, -0.1) is 0 Å². The van der Waals surface area contributed by atoms with Crippen LogP contribution in [0.1, 0.15) is 36.0 Å². The van der Waals surface area contributed by atoms with Crippen molar-refractivity contribution < 1.29 is 9.53 Å². The van der Waals surface area contributed by atoms with Crippen LogP contribution in [0, 0.1) is 17.8 Å². The summed E-state index contributed by atoms with van der Waals surface area (Å²) in [6, 6.07) is 3.05. The molecule has 0 saturated heterocycles. The van der Waals surface area contributed by atoms with Crippen molar-refractivity contribution in [2.24, 2.45) is 34.2 Å². The summed E-state index contributed by atoms with van der Waals surface area (Å²) in [6.07, 6.45) is 8.41. The molecule has 24 heavy (non-hydrogen) atoms. The van der Waals surface area contributed by atoms with Crippen molar-refractivity contribution in [1.29, 1.82) is 0 Å². The molecule has 1 heterocycles. The van der Waals surface area contributed by atoms with Gasteiger partial charge in [-0.05, 0) is 49.1 Å². The first kappa shape index (κ1) is 16.8. The molecule has 7 heteroatoms. The molecule has 3 atom stereocenters. The van der Waals surface area contributed by atoms with Crippen molar-refractivity contribution >= 4 is 29.5 Å². The molecule has 2 aliphatic rings. The van der Waals surface area contributed by atoms with E-state index in [1.165, 1.54) is 38.0 Å². The van der Waals surface area contributed by atoms with Crippen LogP contribution in [0.25, 0.3) is 0 Å². The van der Waals surface area contributed by atoms with Gasteiger partial charge < -0.3 is 16.2 Å². The molecule has 1 amide bonds. The molecule has 1 aromatic rings. The number of nitrogens with zero attached hydrogens (tertiary/aromatic N) is 2. The Kier molecular flexibility index (Phi) is 5.04. The summed E-state index contributed by atoms with van der Waals surface area (Å²) < 4.78 is 5.63. The molecule has 0 aromatic carbocycles. The zero-order valence-corrected chi connectivity index (χ0v) is 14.1. The molecule has 0 radical (unpaired) electrons. The van der Waals surface area contributed by atoms with E-state index in [2.05, 4.69) is 9.98 Å². The highest BCUT2D eigenvalue weighted by atomic mass is 35.5. The third-order valence-electron chi connectivity index (χ3n) is 4.89. The van der Waals surface area contributed by atoms with E-state index in [0.29, 0.717) is 24.2 Å². The molecule has 2 aliphatic carbocycles. The molecular weight excluding hydrogens is 328 g/mol. The third kappa shape index (κ3) is 3.87. The summed E-state index contributed by atoms with van der Waals surface area (Å²) >= 11 is 5.87. The predicted octanol–water partition coefficient (Wildman–Crippen LogP) is 2.79. The van der Waals surface area contributed by atoms with Gasteiger partial charge in [0.05, 0.1) is 12.2 Å². The van der Waals surface area contributed by atoms with Gasteiger partial charge in [0.25, 0.3) is 5.91 Å². The van der Waals surface area contributed by atoms with Crippen LogP contribution >= 0.6 is 11.6 Å². The van der Waals surface area contributed by atoms with Crippen molar-refractivity contribution in [3.8, 4) is 0 Å². The van der Waals surface area contributed by atoms with Crippen molar-refractivity contribution in [2.75, 3.05) is 6.61 Å². The minimum absolute atomic E-state index is 0.0293. The van der Waals surface area contributed by atoms with Gasteiger partial charge in [-0.25, -0.2) is 9.98 Å². The van der Waals surface area contributed by atoms with Gasteiger partial charge in [-0.3, -0.25) is 4.79 Å². The standard InChI is InChI=1S/C17H21ClN4O2/c18-16-13(17(20)23)3-4-15(22-16)21-6-5-14(19)24-9-12-8-10-1-2-11(12)7-10/h3-6,10-12H,1-2,7-9,19H2,(H2,20,23)/t10-,11+,12?/m1/s1. The molecule has 0 spiro atoms. The van der Waals surface area contributed by atoms with Crippen LogP contribution in [-0.2, 0) is 4.74 Å². The maximum Gasteiger partial charge on any atom is 0.251 e. The van der Waals surface area contributed by atoms with E-state index in [9.17, 15) is 4.79 Å². The Morgan fingerprint density at radius 3 is 2.83 bits per heavy atom. The van der Waals surface area contributed by atoms with Gasteiger partial charge >= 0.3 is 0 Å². The molecule has 1 aromatic heterocycles. The van der Waals surface area contributed by atoms with Crippen LogP contribution in [0.3, 0.4) is 0 Å². The second-order valence-corrected chi connectivity index (χ2v) is 6.82. The highest BCUT2D eigenvalue weighted by Gasteiger charge is 2.39. The Hall–Kier alpha value is -2.08. The van der Waals surface area contributed by atoms with E-state index in [0.717, 1.165) is 11.8 Å². The molecule has 4 N–H and O–H groups in total. The average molecular weight is 349 g/mol. The number of carbonyl (C=O) groups is 1. The summed E-state index contributed by atoms with van der Waals surface area (Å²) in [5.41, 5.74) is 11.2. The maximum absolute atomic E-state index is 11.1. The minimum atomic E-state index is -0.624. The lowest BCUT2D eigenvalue weighted by Crippen LogP contribution is -2.18. The number of carbonyl (C=O) groups excluding carboxylic acids is 1. The summed E-state index contributed by atoms with van der Waals surface area (Å²) in [6.45, 7) is 0.675. The fourth-order valence-electron chi connectivity index (χ4n) is 3.70. The normalized spacial score (nSPS) is 26.2. The highest BCUT2D eigenvalue weighted by molar-refractivity contribution is 6.32. The molecule has 2 fully saturated rings. The zero-order valence-electron chi connectivity index (χ0n) is 13.3. The Bertz CT molecular complexity index is 689. The van der Waals surface area contributed by atoms with Gasteiger partial charge in [0, 0.05) is 12.3 Å². The van der Waals surface area contributed by atoms with Crippen molar-refractivity contribution in [3.05, 3.63) is 34.8 Å². The monoisotopic (exact) mass is 348 g/mol. The molecule has 0 aliphatic heterocycles. The number of allylic oxidation sites excluding steroid dienone is 1. The van der Waals surface area contributed by atoms with E-state index in [-0.39, 0.29) is 10.7 Å². The van der Waals surface area contributed by atoms with Gasteiger partial charge in [0.1, 0.15) is 5.15 Å². The number of hydrogen-bond acceptors (Lipinski definition) is 5. The van der Waals surface area contributed by atoms with Crippen LogP contribution in [0.4, 0.5) is 5.82 Å². The molecule has 6 nitrogen and oxygen atoms in total. The second kappa shape index (κ2) is 7.21. The number of pyridine rings is 1. The first-order chi connectivity index (χ1) is 11.5. The molecular formula is C17H21ClN4O2. The molecule has 2 bridgehead atoms. The maximum atomic E-state index is 11.1. The fraction of sp³-hybridized carbons (Fsp3) is 0.471. The minimum Gasteiger partial charge on any atom is -0.479 e. The lowest BCUT2D eigenvalue weighted by molar-refractivity contribution is 0.1000. The highest BCUT2D eigenvalue weighted by Crippen LogP contribution is 2.48. The van der Waals surface area contributed by atoms with Crippen LogP contribution < -0.4 is 11.5 Å². The summed E-state index contributed by atoms with van der Waals surface area (Å²) in [4.78, 5) is 19.2. The summed E-state index contributed by atoms with van der Waals surface area (Å²) in [5.74, 6) is 2.42. The number of halogens is 1. The number of ether oxygens (including phenoxy) is 1. The van der Waals surface area contributed by atoms with Crippen molar-refractivity contribution in [1.82, 2.24) is 4.98 Å². The number of primary amides is 1. The largest absolute Gasteiger partial charge is 0.479 e. The van der Waals surface area contributed by atoms with Crippen LogP contribution in [0.15, 0.2) is 29.1 Å². The Balaban J connectivity index is 1.51. The SMILES string of the molecule is NC(=O)c1ccc(N=CC=C(N)OCC2C[C@@H]3CC[C@H]2C3)nc1Cl. The third-order valence-corrected chi connectivity index (χ3v) is 5.18. The number of aromatic nitrogens is 1. The fourth-order valence-corrected chi connectivity index (χ4v) is 3.94. The van der Waals surface area contributed by atoms with E-state index >= 15 is 0 Å². The zero-order chi connectivity index (χ0) is 17.1. The van der Waals surface area contributed by atoms with Crippen LogP contribution in [-0.4, -0.2) is 23.7 Å². The quantitative estimate of drug-likeness (QED) is 0.468. The lowest BCUT2D eigenvalue weighted by atomic mass is 9.90.